The van der Waals surface area contributed by atoms with Crippen molar-refractivity contribution in [2.24, 2.45) is 13.0 Å². The van der Waals surface area contributed by atoms with Crippen LogP contribution in [0.15, 0.2) is 0 Å². The number of aliphatic hydroxyl groups excluding tert-OH is 1. The number of carbonyl (C=O) groups is 1. The van der Waals surface area contributed by atoms with E-state index in [0.717, 1.165) is 11.4 Å². The standard InChI is InChI=1S/C16H26ClN3O3/c1-10-14(17)12(19(5)18-10)8-11-9-20(7-6-13(11)21)15(22)23-16(2,3)4/h11,13,21H,6-9H2,1-5H3. The molecule has 2 heterocycles. The van der Waals surface area contributed by atoms with Crippen molar-refractivity contribution in [3.8, 4) is 0 Å². The smallest absolute Gasteiger partial charge is 0.410 e. The summed E-state index contributed by atoms with van der Waals surface area (Å²) in [4.78, 5) is 13.9. The zero-order chi connectivity index (χ0) is 17.4. The molecule has 0 radical (unpaired) electrons. The summed E-state index contributed by atoms with van der Waals surface area (Å²) in [5, 5.41) is 15.2. The number of hydrogen-bond donors (Lipinski definition) is 1. The van der Waals surface area contributed by atoms with Crippen molar-refractivity contribution in [2.75, 3.05) is 13.1 Å². The molecule has 1 aromatic heterocycles. The number of rotatable bonds is 2. The van der Waals surface area contributed by atoms with Gasteiger partial charge in [0.15, 0.2) is 0 Å². The number of ether oxygens (including phenoxy) is 1. The lowest BCUT2D eigenvalue weighted by atomic mass is 9.90. The van der Waals surface area contributed by atoms with E-state index in [-0.39, 0.29) is 12.0 Å². The molecule has 0 aliphatic carbocycles. The second-order valence-electron chi connectivity index (χ2n) is 7.22. The number of aryl methyl sites for hydroxylation is 2. The number of aliphatic hydroxyl groups is 1. The van der Waals surface area contributed by atoms with E-state index in [1.807, 2.05) is 34.7 Å². The Morgan fingerprint density at radius 1 is 1.48 bits per heavy atom. The SMILES string of the molecule is Cc1nn(C)c(CC2CN(C(=O)OC(C)(C)C)CCC2O)c1Cl. The van der Waals surface area contributed by atoms with Gasteiger partial charge in [0.05, 0.1) is 22.5 Å². The number of halogens is 1. The summed E-state index contributed by atoms with van der Waals surface area (Å²) in [6.07, 6.45) is 0.330. The van der Waals surface area contributed by atoms with Crippen molar-refractivity contribution in [1.82, 2.24) is 14.7 Å². The molecule has 6 nitrogen and oxygen atoms in total. The van der Waals surface area contributed by atoms with Gasteiger partial charge in [-0.1, -0.05) is 11.6 Å². The first-order valence-electron chi connectivity index (χ1n) is 7.92. The quantitative estimate of drug-likeness (QED) is 0.896. The first kappa shape index (κ1) is 18.1. The molecule has 2 unspecified atom stereocenters. The number of piperidine rings is 1. The van der Waals surface area contributed by atoms with Crippen molar-refractivity contribution in [1.29, 1.82) is 0 Å². The van der Waals surface area contributed by atoms with Crippen LogP contribution in [0.4, 0.5) is 4.79 Å². The fourth-order valence-corrected chi connectivity index (χ4v) is 3.10. The van der Waals surface area contributed by atoms with Gasteiger partial charge in [-0.05, 0) is 40.5 Å². The number of carbonyl (C=O) groups excluding carboxylic acids is 1. The Balaban J connectivity index is 2.08. The van der Waals surface area contributed by atoms with E-state index in [0.29, 0.717) is 31.0 Å². The molecule has 1 amide bonds. The topological polar surface area (TPSA) is 67.6 Å². The minimum atomic E-state index is -0.523. The number of likely N-dealkylation sites (tertiary alicyclic amines) is 1. The Bertz CT molecular complexity index is 580. The lowest BCUT2D eigenvalue weighted by molar-refractivity contribution is -0.00853. The van der Waals surface area contributed by atoms with Gasteiger partial charge in [0, 0.05) is 26.1 Å². The van der Waals surface area contributed by atoms with Crippen LogP contribution in [0.3, 0.4) is 0 Å². The second kappa shape index (κ2) is 6.69. The third-order valence-electron chi connectivity index (χ3n) is 4.06. The molecule has 1 N–H and O–H groups in total. The molecular formula is C16H26ClN3O3. The molecule has 2 rings (SSSR count). The van der Waals surface area contributed by atoms with Gasteiger partial charge in [0.1, 0.15) is 5.60 Å². The van der Waals surface area contributed by atoms with E-state index in [4.69, 9.17) is 16.3 Å². The zero-order valence-electron chi connectivity index (χ0n) is 14.5. The first-order chi connectivity index (χ1) is 10.6. The van der Waals surface area contributed by atoms with Gasteiger partial charge in [-0.25, -0.2) is 4.79 Å². The van der Waals surface area contributed by atoms with Crippen molar-refractivity contribution in [3.63, 3.8) is 0 Å². The molecule has 1 fully saturated rings. The third-order valence-corrected chi connectivity index (χ3v) is 4.55. The van der Waals surface area contributed by atoms with Crippen LogP contribution in [-0.4, -0.2) is 50.7 Å². The number of aromatic nitrogens is 2. The van der Waals surface area contributed by atoms with Gasteiger partial charge in [0.25, 0.3) is 0 Å². The highest BCUT2D eigenvalue weighted by atomic mass is 35.5. The summed E-state index contributed by atoms with van der Waals surface area (Å²) in [5.74, 6) is -0.0800. The predicted molar refractivity (Wildman–Crippen MR) is 88.6 cm³/mol. The Labute approximate surface area is 142 Å². The summed E-state index contributed by atoms with van der Waals surface area (Å²) >= 11 is 6.30. The van der Waals surface area contributed by atoms with Crippen LogP contribution in [0.1, 0.15) is 38.6 Å². The van der Waals surface area contributed by atoms with Crippen LogP contribution < -0.4 is 0 Å². The van der Waals surface area contributed by atoms with E-state index >= 15 is 0 Å². The number of nitrogens with zero attached hydrogens (tertiary/aromatic N) is 3. The van der Waals surface area contributed by atoms with Gasteiger partial charge in [0.2, 0.25) is 0 Å². The Kier molecular flexibility index (Phi) is 5.26. The van der Waals surface area contributed by atoms with Crippen LogP contribution in [0.2, 0.25) is 5.02 Å². The normalized spacial score (nSPS) is 22.3. The average molecular weight is 344 g/mol. The van der Waals surface area contributed by atoms with E-state index < -0.39 is 11.7 Å². The molecule has 1 aromatic rings. The van der Waals surface area contributed by atoms with Crippen molar-refractivity contribution in [2.45, 2.75) is 52.2 Å². The van der Waals surface area contributed by atoms with Crippen LogP contribution in [0.5, 0.6) is 0 Å². The van der Waals surface area contributed by atoms with Gasteiger partial charge < -0.3 is 14.7 Å². The first-order valence-corrected chi connectivity index (χ1v) is 8.30. The van der Waals surface area contributed by atoms with Gasteiger partial charge in [-0.3, -0.25) is 4.68 Å². The number of amides is 1. The Morgan fingerprint density at radius 2 is 2.13 bits per heavy atom. The van der Waals surface area contributed by atoms with Crippen LogP contribution >= 0.6 is 11.6 Å². The molecular weight excluding hydrogens is 318 g/mol. The van der Waals surface area contributed by atoms with Crippen molar-refractivity contribution >= 4 is 17.7 Å². The summed E-state index contributed by atoms with van der Waals surface area (Å²) in [5.41, 5.74) is 1.14. The molecule has 1 aliphatic rings. The maximum absolute atomic E-state index is 12.2. The Hall–Kier alpha value is -1.27. The molecule has 0 spiro atoms. The Morgan fingerprint density at radius 3 is 2.65 bits per heavy atom. The van der Waals surface area contributed by atoms with Crippen LogP contribution in [0, 0.1) is 12.8 Å². The molecule has 1 aliphatic heterocycles. The number of hydrogen-bond acceptors (Lipinski definition) is 4. The second-order valence-corrected chi connectivity index (χ2v) is 7.59. The molecule has 2 atom stereocenters. The summed E-state index contributed by atoms with van der Waals surface area (Å²) < 4.78 is 7.17. The highest BCUT2D eigenvalue weighted by Crippen LogP contribution is 2.27. The minimum Gasteiger partial charge on any atom is -0.444 e. The maximum atomic E-state index is 12.2. The molecule has 23 heavy (non-hydrogen) atoms. The minimum absolute atomic E-state index is 0.0800. The van der Waals surface area contributed by atoms with Crippen molar-refractivity contribution in [3.05, 3.63) is 16.4 Å². The lowest BCUT2D eigenvalue weighted by Crippen LogP contribution is -2.48. The lowest BCUT2D eigenvalue weighted by Gasteiger charge is -2.37. The third kappa shape index (κ3) is 4.38. The van der Waals surface area contributed by atoms with Crippen LogP contribution in [-0.2, 0) is 18.2 Å². The van der Waals surface area contributed by atoms with Crippen molar-refractivity contribution < 1.29 is 14.6 Å². The van der Waals surface area contributed by atoms with Gasteiger partial charge in [-0.15, -0.1) is 0 Å². The molecule has 7 heteroatoms. The van der Waals surface area contributed by atoms with Gasteiger partial charge >= 0.3 is 6.09 Å². The highest BCUT2D eigenvalue weighted by molar-refractivity contribution is 6.31. The maximum Gasteiger partial charge on any atom is 0.410 e. The fraction of sp³-hybridized carbons (Fsp3) is 0.750. The molecule has 0 aromatic carbocycles. The molecule has 1 saturated heterocycles. The largest absolute Gasteiger partial charge is 0.444 e. The molecule has 0 bridgehead atoms. The predicted octanol–water partition coefficient (Wildman–Crippen LogP) is 2.54. The van der Waals surface area contributed by atoms with E-state index in [1.54, 1.807) is 9.58 Å². The zero-order valence-corrected chi connectivity index (χ0v) is 15.2. The highest BCUT2D eigenvalue weighted by Gasteiger charge is 2.33. The summed E-state index contributed by atoms with van der Waals surface area (Å²) in [6, 6.07) is 0. The van der Waals surface area contributed by atoms with E-state index in [1.165, 1.54) is 0 Å². The average Bonchev–Trinajstić information content (AvgIpc) is 2.65. The van der Waals surface area contributed by atoms with Crippen LogP contribution in [0.25, 0.3) is 0 Å². The van der Waals surface area contributed by atoms with Gasteiger partial charge in [-0.2, -0.15) is 5.10 Å². The molecule has 130 valence electrons. The van der Waals surface area contributed by atoms with E-state index in [9.17, 15) is 9.90 Å². The molecule has 0 saturated carbocycles. The summed E-state index contributed by atoms with van der Waals surface area (Å²) in [7, 11) is 1.84. The fourth-order valence-electron chi connectivity index (χ4n) is 2.86. The van der Waals surface area contributed by atoms with E-state index in [2.05, 4.69) is 5.10 Å². The summed E-state index contributed by atoms with van der Waals surface area (Å²) in [6.45, 7) is 8.36. The monoisotopic (exact) mass is 343 g/mol.